The van der Waals surface area contributed by atoms with Crippen molar-refractivity contribution in [2.45, 2.75) is 12.0 Å². The number of hydrogen-bond donors (Lipinski definition) is 2. The van der Waals surface area contributed by atoms with Crippen molar-refractivity contribution in [1.82, 2.24) is 4.98 Å². The molecule has 1 unspecified atom stereocenters. The van der Waals surface area contributed by atoms with Crippen LogP contribution in [0.15, 0.2) is 12.1 Å². The zero-order valence-electron chi connectivity index (χ0n) is 10.5. The second-order valence-electron chi connectivity index (χ2n) is 4.38. The molecule has 0 bridgehead atoms. The lowest BCUT2D eigenvalue weighted by molar-refractivity contribution is -0.00625. The van der Waals surface area contributed by atoms with E-state index in [1.807, 2.05) is 0 Å². The third-order valence-electron chi connectivity index (χ3n) is 3.14. The summed E-state index contributed by atoms with van der Waals surface area (Å²) in [6.07, 6.45) is 0.788. The highest BCUT2D eigenvalue weighted by Gasteiger charge is 2.34. The van der Waals surface area contributed by atoms with Crippen molar-refractivity contribution in [3.63, 3.8) is 0 Å². The molecule has 2 rings (SSSR count). The molecule has 7 heteroatoms. The quantitative estimate of drug-likeness (QED) is 0.857. The van der Waals surface area contributed by atoms with Crippen molar-refractivity contribution in [3.8, 4) is 0 Å². The average molecular weight is 287 g/mol. The maximum Gasteiger partial charge on any atom is 0.356 e. The van der Waals surface area contributed by atoms with E-state index < -0.39 is 5.97 Å². The van der Waals surface area contributed by atoms with E-state index in [9.17, 15) is 4.79 Å². The summed E-state index contributed by atoms with van der Waals surface area (Å²) < 4.78 is 10.8. The number of methoxy groups -OCH3 is 1. The molecule has 1 atom stereocenters. The van der Waals surface area contributed by atoms with Gasteiger partial charge in [0.1, 0.15) is 11.4 Å². The van der Waals surface area contributed by atoms with Crippen molar-refractivity contribution in [2.75, 3.05) is 32.2 Å². The first-order valence-corrected chi connectivity index (χ1v) is 6.21. The molecule has 0 aliphatic carbocycles. The number of rotatable bonds is 5. The Kier molecular flexibility index (Phi) is 4.24. The zero-order chi connectivity index (χ0) is 13.9. The maximum absolute atomic E-state index is 10.9. The Bertz CT molecular complexity index is 475. The molecule has 1 fully saturated rings. The number of pyridine rings is 1. The van der Waals surface area contributed by atoms with Crippen LogP contribution in [0.1, 0.15) is 16.9 Å². The Morgan fingerprint density at radius 2 is 2.47 bits per heavy atom. The Morgan fingerprint density at radius 1 is 1.68 bits per heavy atom. The lowest BCUT2D eigenvalue weighted by Crippen LogP contribution is -2.39. The summed E-state index contributed by atoms with van der Waals surface area (Å²) in [5.74, 6) is -0.704. The molecule has 2 N–H and O–H groups in total. The third-order valence-corrected chi connectivity index (χ3v) is 3.45. The minimum Gasteiger partial charge on any atom is -0.476 e. The van der Waals surface area contributed by atoms with Crippen LogP contribution in [-0.4, -0.2) is 48.5 Å². The maximum atomic E-state index is 10.9. The van der Waals surface area contributed by atoms with Crippen molar-refractivity contribution >= 4 is 23.4 Å². The van der Waals surface area contributed by atoms with Crippen LogP contribution in [0.25, 0.3) is 0 Å². The molecule has 1 aromatic rings. The van der Waals surface area contributed by atoms with Gasteiger partial charge in [0.15, 0.2) is 5.69 Å². The van der Waals surface area contributed by atoms with Gasteiger partial charge in [0.25, 0.3) is 0 Å². The minimum atomic E-state index is -1.15. The number of aromatic carboxylic acids is 1. The van der Waals surface area contributed by atoms with E-state index in [-0.39, 0.29) is 16.3 Å². The van der Waals surface area contributed by atoms with Crippen LogP contribution in [-0.2, 0) is 9.47 Å². The normalized spacial score (nSPS) is 22.4. The van der Waals surface area contributed by atoms with Gasteiger partial charge in [0.2, 0.25) is 0 Å². The number of carboxylic acids is 1. The Labute approximate surface area is 115 Å². The molecule has 2 heterocycles. The van der Waals surface area contributed by atoms with Gasteiger partial charge in [-0.2, -0.15) is 0 Å². The highest BCUT2D eigenvalue weighted by Crippen LogP contribution is 2.23. The molecule has 0 spiro atoms. The van der Waals surface area contributed by atoms with Gasteiger partial charge >= 0.3 is 5.97 Å². The van der Waals surface area contributed by atoms with Gasteiger partial charge in [0.05, 0.1) is 11.6 Å². The molecule has 0 aromatic carbocycles. The van der Waals surface area contributed by atoms with Gasteiger partial charge in [0, 0.05) is 26.7 Å². The zero-order valence-corrected chi connectivity index (χ0v) is 11.2. The topological polar surface area (TPSA) is 80.7 Å². The Hall–Kier alpha value is -1.37. The summed E-state index contributed by atoms with van der Waals surface area (Å²) in [5, 5.41) is 12.1. The van der Waals surface area contributed by atoms with Gasteiger partial charge in [-0.1, -0.05) is 11.6 Å². The first-order valence-electron chi connectivity index (χ1n) is 5.83. The Balaban J connectivity index is 2.07. The predicted molar refractivity (Wildman–Crippen MR) is 69.9 cm³/mol. The number of carboxylic acid groups (broad SMARTS) is 1. The molecule has 0 radical (unpaired) electrons. The van der Waals surface area contributed by atoms with Gasteiger partial charge in [-0.25, -0.2) is 9.78 Å². The fourth-order valence-corrected chi connectivity index (χ4v) is 2.09. The molecule has 1 aromatic heterocycles. The first kappa shape index (κ1) is 14.0. The van der Waals surface area contributed by atoms with Crippen LogP contribution < -0.4 is 5.32 Å². The average Bonchev–Trinajstić information content (AvgIpc) is 2.87. The highest BCUT2D eigenvalue weighted by atomic mass is 35.5. The van der Waals surface area contributed by atoms with Crippen molar-refractivity contribution in [1.29, 1.82) is 0 Å². The Morgan fingerprint density at radius 3 is 3.05 bits per heavy atom. The largest absolute Gasteiger partial charge is 0.476 e. The standard InChI is InChI=1S/C12H15ClN2O4/c1-18-12(4-5-19-7-12)6-14-9-3-2-8(13)10(15-9)11(16)17/h2-3H,4-7H2,1H3,(H,14,15)(H,16,17). The summed E-state index contributed by atoms with van der Waals surface area (Å²) in [5.41, 5.74) is -0.550. The first-order chi connectivity index (χ1) is 9.06. The van der Waals surface area contributed by atoms with E-state index in [1.54, 1.807) is 13.2 Å². The van der Waals surface area contributed by atoms with Crippen LogP contribution in [0.3, 0.4) is 0 Å². The van der Waals surface area contributed by atoms with Gasteiger partial charge in [-0.15, -0.1) is 0 Å². The van der Waals surface area contributed by atoms with Crippen LogP contribution in [0, 0.1) is 0 Å². The number of aromatic nitrogens is 1. The molecule has 6 nitrogen and oxygen atoms in total. The molecule has 19 heavy (non-hydrogen) atoms. The van der Waals surface area contributed by atoms with Gasteiger partial charge in [-0.3, -0.25) is 0 Å². The van der Waals surface area contributed by atoms with E-state index in [0.29, 0.717) is 25.6 Å². The van der Waals surface area contributed by atoms with Crippen LogP contribution in [0.4, 0.5) is 5.82 Å². The fourth-order valence-electron chi connectivity index (χ4n) is 1.90. The van der Waals surface area contributed by atoms with Crippen molar-refractivity contribution in [3.05, 3.63) is 22.8 Å². The molecule has 0 saturated carbocycles. The summed E-state index contributed by atoms with van der Waals surface area (Å²) in [4.78, 5) is 14.9. The van der Waals surface area contributed by atoms with Crippen molar-refractivity contribution in [2.24, 2.45) is 0 Å². The molecule has 1 aliphatic rings. The van der Waals surface area contributed by atoms with E-state index in [2.05, 4.69) is 10.3 Å². The van der Waals surface area contributed by atoms with Gasteiger partial charge < -0.3 is 19.9 Å². The van der Waals surface area contributed by atoms with Crippen LogP contribution >= 0.6 is 11.6 Å². The van der Waals surface area contributed by atoms with E-state index in [1.165, 1.54) is 6.07 Å². The number of ether oxygens (including phenoxy) is 2. The number of nitrogens with one attached hydrogen (secondary N) is 1. The molecule has 0 amide bonds. The fraction of sp³-hybridized carbons (Fsp3) is 0.500. The SMILES string of the molecule is COC1(CNc2ccc(Cl)c(C(=O)O)n2)CCOC1. The predicted octanol–water partition coefficient (Wildman–Crippen LogP) is 1.65. The number of halogens is 1. The molecule has 1 saturated heterocycles. The molecular weight excluding hydrogens is 272 g/mol. The molecule has 104 valence electrons. The summed E-state index contributed by atoms with van der Waals surface area (Å²) in [6, 6.07) is 3.14. The number of nitrogens with zero attached hydrogens (tertiary/aromatic N) is 1. The monoisotopic (exact) mass is 286 g/mol. The number of carbonyl (C=O) groups is 1. The number of hydrogen-bond acceptors (Lipinski definition) is 5. The second-order valence-corrected chi connectivity index (χ2v) is 4.78. The lowest BCUT2D eigenvalue weighted by Gasteiger charge is -2.26. The summed E-state index contributed by atoms with van der Waals surface area (Å²) in [6.45, 7) is 1.66. The van der Waals surface area contributed by atoms with Crippen molar-refractivity contribution < 1.29 is 19.4 Å². The van der Waals surface area contributed by atoms with E-state index in [0.717, 1.165) is 6.42 Å². The summed E-state index contributed by atoms with van der Waals surface area (Å²) in [7, 11) is 1.63. The summed E-state index contributed by atoms with van der Waals surface area (Å²) >= 11 is 5.76. The highest BCUT2D eigenvalue weighted by molar-refractivity contribution is 6.33. The van der Waals surface area contributed by atoms with Crippen LogP contribution in [0.2, 0.25) is 5.02 Å². The van der Waals surface area contributed by atoms with Crippen LogP contribution in [0.5, 0.6) is 0 Å². The van der Waals surface area contributed by atoms with E-state index >= 15 is 0 Å². The second kappa shape index (κ2) is 5.73. The molecular formula is C12H15ClN2O4. The lowest BCUT2D eigenvalue weighted by atomic mass is 10.0. The van der Waals surface area contributed by atoms with E-state index in [4.69, 9.17) is 26.2 Å². The number of anilines is 1. The third kappa shape index (κ3) is 3.15. The minimum absolute atomic E-state index is 0.115. The smallest absolute Gasteiger partial charge is 0.356 e. The molecule has 1 aliphatic heterocycles. The van der Waals surface area contributed by atoms with Gasteiger partial charge in [-0.05, 0) is 12.1 Å².